The quantitative estimate of drug-likeness (QED) is 0.478. The summed E-state index contributed by atoms with van der Waals surface area (Å²) in [4.78, 5) is 17.0. The van der Waals surface area contributed by atoms with E-state index >= 15 is 0 Å². The molecule has 2 N–H and O–H groups in total. The third-order valence-electron chi connectivity index (χ3n) is 4.21. The first-order valence-corrected chi connectivity index (χ1v) is 9.08. The fourth-order valence-electron chi connectivity index (χ4n) is 2.86. The normalized spacial score (nSPS) is 11.0. The molecule has 0 amide bonds. The zero-order valence-corrected chi connectivity index (χ0v) is 16.9. The first-order chi connectivity index (χ1) is 13.9. The summed E-state index contributed by atoms with van der Waals surface area (Å²) >= 11 is 5.91. The van der Waals surface area contributed by atoms with Crippen LogP contribution in [0.15, 0.2) is 40.2 Å². The summed E-state index contributed by atoms with van der Waals surface area (Å²) in [6.45, 7) is 3.88. The maximum absolute atomic E-state index is 12.7. The largest absolute Gasteiger partial charge is 0.380 e. The van der Waals surface area contributed by atoms with E-state index in [1.54, 1.807) is 44.4 Å². The van der Waals surface area contributed by atoms with Crippen molar-refractivity contribution in [2.75, 3.05) is 12.5 Å². The van der Waals surface area contributed by atoms with Gasteiger partial charge in [0.05, 0.1) is 24.1 Å². The maximum atomic E-state index is 12.7. The van der Waals surface area contributed by atoms with Crippen molar-refractivity contribution in [1.29, 1.82) is 5.26 Å². The number of nitrogens with one attached hydrogen (secondary N) is 2. The van der Waals surface area contributed by atoms with Gasteiger partial charge in [0.1, 0.15) is 11.6 Å². The standard InChI is InChI=1S/C20H19ClN6O2/c1-12-8-14(11-29-3)17(9-22)19(24-12)25-23-10-18-13(2)26-27(20(18)28)16-6-4-15(21)5-7-16/h4-8,10,26H,11H2,1-3H3,(H,24,25)/b23-10-. The second-order valence-corrected chi connectivity index (χ2v) is 6.77. The monoisotopic (exact) mass is 410 g/mol. The van der Waals surface area contributed by atoms with E-state index in [9.17, 15) is 10.1 Å². The number of ether oxygens (including phenoxy) is 1. The highest BCUT2D eigenvalue weighted by molar-refractivity contribution is 6.30. The number of hydrazone groups is 1. The number of methoxy groups -OCH3 is 1. The number of aromatic nitrogens is 3. The lowest BCUT2D eigenvalue weighted by Gasteiger charge is -2.09. The van der Waals surface area contributed by atoms with Crippen LogP contribution in [-0.2, 0) is 11.3 Å². The first-order valence-electron chi connectivity index (χ1n) is 8.70. The van der Waals surface area contributed by atoms with Crippen molar-refractivity contribution in [3.05, 3.63) is 73.8 Å². The van der Waals surface area contributed by atoms with Gasteiger partial charge in [-0.15, -0.1) is 0 Å². The molecule has 0 radical (unpaired) electrons. The minimum atomic E-state index is -0.256. The molecule has 1 aromatic carbocycles. The summed E-state index contributed by atoms with van der Waals surface area (Å²) < 4.78 is 6.55. The van der Waals surface area contributed by atoms with Crippen LogP contribution >= 0.6 is 11.6 Å². The highest BCUT2D eigenvalue weighted by atomic mass is 35.5. The van der Waals surface area contributed by atoms with Gasteiger partial charge in [-0.25, -0.2) is 9.67 Å². The second kappa shape index (κ2) is 8.73. The van der Waals surface area contributed by atoms with Crippen LogP contribution in [0.2, 0.25) is 5.02 Å². The summed E-state index contributed by atoms with van der Waals surface area (Å²) in [5.41, 5.74) is 5.97. The fourth-order valence-corrected chi connectivity index (χ4v) is 2.98. The molecule has 0 saturated heterocycles. The number of aromatic amines is 1. The van der Waals surface area contributed by atoms with E-state index in [1.165, 1.54) is 10.9 Å². The Hall–Kier alpha value is -3.41. The van der Waals surface area contributed by atoms with Gasteiger partial charge in [-0.05, 0) is 44.2 Å². The Balaban J connectivity index is 1.90. The van der Waals surface area contributed by atoms with Crippen molar-refractivity contribution in [1.82, 2.24) is 14.8 Å². The van der Waals surface area contributed by atoms with Crippen LogP contribution in [0.3, 0.4) is 0 Å². The van der Waals surface area contributed by atoms with E-state index in [2.05, 4.69) is 26.7 Å². The van der Waals surface area contributed by atoms with Gasteiger partial charge in [-0.3, -0.25) is 15.3 Å². The average molecular weight is 411 g/mol. The molecule has 0 spiro atoms. The number of nitrogens with zero attached hydrogens (tertiary/aromatic N) is 4. The van der Waals surface area contributed by atoms with E-state index in [4.69, 9.17) is 16.3 Å². The van der Waals surface area contributed by atoms with E-state index in [0.29, 0.717) is 38.9 Å². The van der Waals surface area contributed by atoms with Gasteiger partial charge in [-0.2, -0.15) is 10.4 Å². The topological polar surface area (TPSA) is 108 Å². The van der Waals surface area contributed by atoms with Gasteiger partial charge in [-0.1, -0.05) is 11.6 Å². The number of rotatable bonds is 6. The van der Waals surface area contributed by atoms with Gasteiger partial charge in [0.2, 0.25) is 0 Å². The van der Waals surface area contributed by atoms with Crippen LogP contribution in [0.25, 0.3) is 5.69 Å². The third-order valence-corrected chi connectivity index (χ3v) is 4.46. The minimum absolute atomic E-state index is 0.256. The van der Waals surface area contributed by atoms with Crippen LogP contribution in [0.1, 0.15) is 28.1 Å². The Morgan fingerprint density at radius 3 is 2.76 bits per heavy atom. The van der Waals surface area contributed by atoms with Crippen LogP contribution in [0.4, 0.5) is 5.82 Å². The smallest absolute Gasteiger partial charge is 0.280 e. The zero-order valence-electron chi connectivity index (χ0n) is 16.2. The molecule has 0 unspecified atom stereocenters. The molecule has 0 aliphatic carbocycles. The summed E-state index contributed by atoms with van der Waals surface area (Å²) in [6, 6.07) is 10.8. The van der Waals surface area contributed by atoms with Crippen molar-refractivity contribution in [3.63, 3.8) is 0 Å². The van der Waals surface area contributed by atoms with Crippen LogP contribution < -0.4 is 11.0 Å². The molecule has 3 aromatic rings. The van der Waals surface area contributed by atoms with E-state index in [1.807, 2.05) is 6.92 Å². The van der Waals surface area contributed by atoms with Crippen LogP contribution in [0, 0.1) is 25.2 Å². The molecule has 0 atom stereocenters. The predicted molar refractivity (Wildman–Crippen MR) is 112 cm³/mol. The van der Waals surface area contributed by atoms with Gasteiger partial charge < -0.3 is 4.74 Å². The molecule has 0 aliphatic rings. The number of nitriles is 1. The SMILES string of the molecule is COCc1cc(C)nc(N/N=C\c2c(C)[nH]n(-c3ccc(Cl)cc3)c2=O)c1C#N. The Bertz CT molecular complexity index is 1160. The van der Waals surface area contributed by atoms with E-state index in [-0.39, 0.29) is 12.2 Å². The summed E-state index contributed by atoms with van der Waals surface area (Å²) in [7, 11) is 1.56. The molecule has 0 fully saturated rings. The molecular formula is C20H19ClN6O2. The molecule has 3 rings (SSSR count). The molecule has 148 valence electrons. The number of benzene rings is 1. The number of pyridine rings is 1. The zero-order chi connectivity index (χ0) is 21.0. The second-order valence-electron chi connectivity index (χ2n) is 6.33. The third kappa shape index (κ3) is 4.37. The molecule has 2 aromatic heterocycles. The van der Waals surface area contributed by atoms with Gasteiger partial charge in [0.15, 0.2) is 5.82 Å². The predicted octanol–water partition coefficient (Wildman–Crippen LogP) is 3.29. The summed E-state index contributed by atoms with van der Waals surface area (Å²) in [5.74, 6) is 0.307. The van der Waals surface area contributed by atoms with Crippen LogP contribution in [-0.4, -0.2) is 28.1 Å². The maximum Gasteiger partial charge on any atom is 0.280 e. The highest BCUT2D eigenvalue weighted by Crippen LogP contribution is 2.19. The number of H-pyrrole nitrogens is 1. The Labute approximate surface area is 172 Å². The Kier molecular flexibility index (Phi) is 6.12. The molecule has 0 aliphatic heterocycles. The fraction of sp³-hybridized carbons (Fsp3) is 0.200. The lowest BCUT2D eigenvalue weighted by Crippen LogP contribution is -2.17. The Morgan fingerprint density at radius 1 is 1.38 bits per heavy atom. The van der Waals surface area contributed by atoms with E-state index < -0.39 is 0 Å². The van der Waals surface area contributed by atoms with Gasteiger partial charge in [0, 0.05) is 29.1 Å². The number of anilines is 1. The molecule has 2 heterocycles. The lowest BCUT2D eigenvalue weighted by atomic mass is 10.1. The molecule has 0 saturated carbocycles. The molecule has 9 heteroatoms. The number of hydrogen-bond acceptors (Lipinski definition) is 6. The Morgan fingerprint density at radius 2 is 2.10 bits per heavy atom. The minimum Gasteiger partial charge on any atom is -0.380 e. The highest BCUT2D eigenvalue weighted by Gasteiger charge is 2.13. The van der Waals surface area contributed by atoms with Crippen LogP contribution in [0.5, 0.6) is 0 Å². The molecule has 29 heavy (non-hydrogen) atoms. The summed E-state index contributed by atoms with van der Waals surface area (Å²) in [6.07, 6.45) is 1.40. The average Bonchev–Trinajstić information content (AvgIpc) is 2.97. The van der Waals surface area contributed by atoms with Gasteiger partial charge >= 0.3 is 0 Å². The first kappa shape index (κ1) is 20.3. The molecule has 8 nitrogen and oxygen atoms in total. The summed E-state index contributed by atoms with van der Waals surface area (Å²) in [5, 5.41) is 17.2. The van der Waals surface area contributed by atoms with Crippen molar-refractivity contribution in [2.24, 2.45) is 5.10 Å². The van der Waals surface area contributed by atoms with Crippen molar-refractivity contribution in [3.8, 4) is 11.8 Å². The van der Waals surface area contributed by atoms with Gasteiger partial charge in [0.25, 0.3) is 5.56 Å². The lowest BCUT2D eigenvalue weighted by molar-refractivity contribution is 0.184. The van der Waals surface area contributed by atoms with E-state index in [0.717, 1.165) is 5.69 Å². The van der Waals surface area contributed by atoms with Crippen molar-refractivity contribution < 1.29 is 4.74 Å². The molecule has 0 bridgehead atoms. The molecular weight excluding hydrogens is 392 g/mol. The number of hydrogen-bond donors (Lipinski definition) is 2. The van der Waals surface area contributed by atoms with Crippen molar-refractivity contribution >= 4 is 23.6 Å². The van der Waals surface area contributed by atoms with Crippen molar-refractivity contribution in [2.45, 2.75) is 20.5 Å². The number of aryl methyl sites for hydroxylation is 2. The number of halogens is 1.